The number of alkyl halides is 3. The number of nitrogens with one attached hydrogen (secondary N) is 1. The maximum atomic E-state index is 12.9. The minimum Gasteiger partial charge on any atom is -0.550 e. The molecule has 0 saturated heterocycles. The van der Waals surface area contributed by atoms with Gasteiger partial charge in [-0.25, -0.2) is 0 Å². The van der Waals surface area contributed by atoms with Crippen molar-refractivity contribution in [3.8, 4) is 5.75 Å². The van der Waals surface area contributed by atoms with Crippen LogP contribution in [0.1, 0.15) is 34.2 Å². The molecule has 0 atom stereocenters. The molecular weight excluding hydrogens is 377 g/mol. The van der Waals surface area contributed by atoms with Crippen molar-refractivity contribution in [3.05, 3.63) is 59.0 Å². The van der Waals surface area contributed by atoms with E-state index in [1.165, 1.54) is 12.3 Å². The summed E-state index contributed by atoms with van der Waals surface area (Å²) in [6.45, 7) is 1.90. The van der Waals surface area contributed by atoms with Crippen molar-refractivity contribution in [2.24, 2.45) is 0 Å². The molecule has 146 valence electrons. The smallest absolute Gasteiger partial charge is 0.550 e. The molecule has 1 aromatic carbocycles. The van der Waals surface area contributed by atoms with Crippen LogP contribution in [0.5, 0.6) is 5.75 Å². The summed E-state index contributed by atoms with van der Waals surface area (Å²) in [4.78, 5) is 30.8. The number of pyridine rings is 1. The summed E-state index contributed by atoms with van der Waals surface area (Å²) in [6.07, 6.45) is -3.44. The number of hydrogen-bond donors (Lipinski definition) is 1. The number of halogens is 3. The standard InChI is InChI=1S/C19H15F3N2O4/c1-2-10-5-6-23-15(7-10)18(27)17-13(9-16(25)26)12-8-11(28-19(20,21)22)3-4-14(12)24-17/h3-8,24H,2,9H2,1H3,(H,25,26)/p-1. The molecule has 2 aromatic heterocycles. The Kier molecular flexibility index (Phi) is 5.08. The molecule has 0 radical (unpaired) electrons. The summed E-state index contributed by atoms with van der Waals surface area (Å²) in [7, 11) is 0. The van der Waals surface area contributed by atoms with E-state index in [2.05, 4.69) is 14.7 Å². The first-order valence-corrected chi connectivity index (χ1v) is 8.27. The summed E-state index contributed by atoms with van der Waals surface area (Å²) < 4.78 is 41.3. The number of carboxylic acids is 1. The Morgan fingerprint density at radius 2 is 1.96 bits per heavy atom. The molecule has 0 fully saturated rings. The summed E-state index contributed by atoms with van der Waals surface area (Å²) in [6, 6.07) is 6.70. The predicted octanol–water partition coefficient (Wildman–Crippen LogP) is 2.55. The van der Waals surface area contributed by atoms with Gasteiger partial charge in [0, 0.05) is 29.5 Å². The highest BCUT2D eigenvalue weighted by Gasteiger charge is 2.31. The van der Waals surface area contributed by atoms with Gasteiger partial charge in [-0.05, 0) is 47.9 Å². The van der Waals surface area contributed by atoms with Crippen molar-refractivity contribution >= 4 is 22.7 Å². The first-order valence-electron chi connectivity index (χ1n) is 8.27. The molecule has 0 aliphatic carbocycles. The molecule has 0 bridgehead atoms. The normalized spacial score (nSPS) is 11.6. The lowest BCUT2D eigenvalue weighted by atomic mass is 10.0. The molecule has 2 heterocycles. The summed E-state index contributed by atoms with van der Waals surface area (Å²) >= 11 is 0. The molecule has 0 aliphatic rings. The molecule has 0 saturated carbocycles. The lowest BCUT2D eigenvalue weighted by Crippen LogP contribution is -2.25. The number of aromatic nitrogens is 2. The van der Waals surface area contributed by atoms with Gasteiger partial charge >= 0.3 is 6.36 Å². The maximum Gasteiger partial charge on any atom is 0.573 e. The summed E-state index contributed by atoms with van der Waals surface area (Å²) in [5.74, 6) is -2.57. The van der Waals surface area contributed by atoms with Gasteiger partial charge in [-0.15, -0.1) is 13.2 Å². The SMILES string of the molecule is CCc1ccnc(C(=O)c2[nH]c3ccc(OC(F)(F)F)cc3c2CC(=O)[O-])c1. The van der Waals surface area contributed by atoms with E-state index in [0.717, 1.165) is 17.7 Å². The van der Waals surface area contributed by atoms with Gasteiger partial charge < -0.3 is 19.6 Å². The average Bonchev–Trinajstić information content (AvgIpc) is 2.97. The second-order valence-electron chi connectivity index (χ2n) is 6.01. The zero-order valence-electron chi connectivity index (χ0n) is 14.6. The molecule has 3 rings (SSSR count). The monoisotopic (exact) mass is 391 g/mol. The Bertz CT molecular complexity index is 1060. The van der Waals surface area contributed by atoms with Crippen molar-refractivity contribution in [1.29, 1.82) is 0 Å². The highest BCUT2D eigenvalue weighted by molar-refractivity contribution is 6.11. The molecule has 0 aliphatic heterocycles. The van der Waals surface area contributed by atoms with Crippen molar-refractivity contribution in [2.75, 3.05) is 0 Å². The molecule has 1 N–H and O–H groups in total. The molecular formula is C19H14F3N2O4-. The molecule has 0 amide bonds. The van der Waals surface area contributed by atoms with E-state index in [1.54, 1.807) is 12.1 Å². The van der Waals surface area contributed by atoms with E-state index in [0.29, 0.717) is 11.9 Å². The first-order chi connectivity index (χ1) is 13.2. The number of ether oxygens (including phenoxy) is 1. The number of ketones is 1. The third-order valence-electron chi connectivity index (χ3n) is 4.12. The van der Waals surface area contributed by atoms with Gasteiger partial charge in [-0.1, -0.05) is 6.92 Å². The summed E-state index contributed by atoms with van der Waals surface area (Å²) in [5, 5.41) is 11.3. The van der Waals surface area contributed by atoms with Crippen molar-refractivity contribution in [3.63, 3.8) is 0 Å². The number of fused-ring (bicyclic) bond motifs is 1. The lowest BCUT2D eigenvalue weighted by molar-refractivity contribution is -0.304. The van der Waals surface area contributed by atoms with Crippen LogP contribution >= 0.6 is 0 Å². The fraction of sp³-hybridized carbons (Fsp3) is 0.211. The van der Waals surface area contributed by atoms with Gasteiger partial charge in [0.1, 0.15) is 11.4 Å². The van der Waals surface area contributed by atoms with Gasteiger partial charge in [0.2, 0.25) is 5.78 Å². The van der Waals surface area contributed by atoms with Crippen LogP contribution in [-0.2, 0) is 17.6 Å². The van der Waals surface area contributed by atoms with Gasteiger partial charge in [0.25, 0.3) is 0 Å². The number of carboxylic acid groups (broad SMARTS) is 1. The molecule has 9 heteroatoms. The number of aliphatic carboxylic acids is 1. The Balaban J connectivity index is 2.12. The molecule has 0 spiro atoms. The van der Waals surface area contributed by atoms with Crippen LogP contribution in [0.2, 0.25) is 0 Å². The molecule has 28 heavy (non-hydrogen) atoms. The Morgan fingerprint density at radius 1 is 1.21 bits per heavy atom. The number of H-pyrrole nitrogens is 1. The number of rotatable bonds is 6. The predicted molar refractivity (Wildman–Crippen MR) is 90.7 cm³/mol. The van der Waals surface area contributed by atoms with Crippen LogP contribution in [0, 0.1) is 0 Å². The second kappa shape index (κ2) is 7.34. The largest absolute Gasteiger partial charge is 0.573 e. The Labute approximate surface area is 157 Å². The highest BCUT2D eigenvalue weighted by atomic mass is 19.4. The second-order valence-corrected chi connectivity index (χ2v) is 6.01. The maximum absolute atomic E-state index is 12.9. The number of carbonyl (C=O) groups is 2. The number of nitrogens with zero attached hydrogens (tertiary/aromatic N) is 1. The number of carbonyl (C=O) groups excluding carboxylic acids is 2. The minimum absolute atomic E-state index is 0.0105. The third kappa shape index (κ3) is 4.13. The van der Waals surface area contributed by atoms with Gasteiger partial charge in [0.15, 0.2) is 0 Å². The third-order valence-corrected chi connectivity index (χ3v) is 4.12. The minimum atomic E-state index is -4.90. The van der Waals surface area contributed by atoms with Gasteiger partial charge in [0.05, 0.1) is 5.69 Å². The van der Waals surface area contributed by atoms with Crippen molar-refractivity contribution < 1.29 is 32.6 Å². The summed E-state index contributed by atoms with van der Waals surface area (Å²) in [5.41, 5.74) is 1.19. The van der Waals surface area contributed by atoms with Crippen LogP contribution in [-0.4, -0.2) is 28.1 Å². The quantitative estimate of drug-likeness (QED) is 0.652. The molecule has 6 nitrogen and oxygen atoms in total. The number of benzene rings is 1. The van der Waals surface area contributed by atoms with Crippen LogP contribution < -0.4 is 9.84 Å². The first kappa shape index (κ1) is 19.4. The van der Waals surface area contributed by atoms with E-state index in [-0.39, 0.29) is 22.3 Å². The Hall–Kier alpha value is -3.36. The van der Waals surface area contributed by atoms with Gasteiger partial charge in [-0.2, -0.15) is 0 Å². The zero-order chi connectivity index (χ0) is 20.5. The zero-order valence-corrected chi connectivity index (χ0v) is 14.6. The van der Waals surface area contributed by atoms with Crippen LogP contribution in [0.25, 0.3) is 10.9 Å². The molecule has 0 unspecified atom stereocenters. The van der Waals surface area contributed by atoms with Crippen LogP contribution in [0.3, 0.4) is 0 Å². The van der Waals surface area contributed by atoms with Crippen molar-refractivity contribution in [1.82, 2.24) is 9.97 Å². The topological polar surface area (TPSA) is 95.1 Å². The fourth-order valence-electron chi connectivity index (χ4n) is 2.89. The van der Waals surface area contributed by atoms with E-state index in [4.69, 9.17) is 0 Å². The van der Waals surface area contributed by atoms with Crippen molar-refractivity contribution in [2.45, 2.75) is 26.1 Å². The van der Waals surface area contributed by atoms with Gasteiger partial charge in [-0.3, -0.25) is 9.78 Å². The van der Waals surface area contributed by atoms with E-state index in [9.17, 15) is 27.9 Å². The number of aryl methyl sites for hydroxylation is 1. The Morgan fingerprint density at radius 3 is 2.61 bits per heavy atom. The van der Waals surface area contributed by atoms with E-state index >= 15 is 0 Å². The van der Waals surface area contributed by atoms with Crippen LogP contribution in [0.4, 0.5) is 13.2 Å². The number of hydrogen-bond acceptors (Lipinski definition) is 5. The van der Waals surface area contributed by atoms with E-state index in [1.807, 2.05) is 6.92 Å². The fourth-order valence-corrected chi connectivity index (χ4v) is 2.89. The van der Waals surface area contributed by atoms with E-state index < -0.39 is 30.3 Å². The molecule has 3 aromatic rings. The number of aromatic amines is 1. The lowest BCUT2D eigenvalue weighted by Gasteiger charge is -2.09. The average molecular weight is 391 g/mol. The van der Waals surface area contributed by atoms with Crippen LogP contribution in [0.15, 0.2) is 36.5 Å². The highest BCUT2D eigenvalue weighted by Crippen LogP contribution is 2.31.